The first-order valence-electron chi connectivity index (χ1n) is 12.6. The molecule has 1 N–H and O–H groups in total. The van der Waals surface area contributed by atoms with E-state index in [9.17, 15) is 22.4 Å². The van der Waals surface area contributed by atoms with E-state index in [1.807, 2.05) is 54.3 Å². The number of carbonyl (C=O) groups is 2. The molecule has 3 aromatic rings. The van der Waals surface area contributed by atoms with Crippen molar-refractivity contribution in [3.05, 3.63) is 66.1 Å². The maximum absolute atomic E-state index is 15.0. The first-order chi connectivity index (χ1) is 18.5. The van der Waals surface area contributed by atoms with Crippen molar-refractivity contribution in [1.29, 1.82) is 0 Å². The molecule has 2 aromatic carbocycles. The number of carbonyl (C=O) groups excluding carboxylic acids is 1. The molecule has 0 unspecified atom stereocenters. The number of nitrogens with zero attached hydrogens (tertiary/aromatic N) is 3. The lowest BCUT2D eigenvalue weighted by atomic mass is 9.89. The summed E-state index contributed by atoms with van der Waals surface area (Å²) < 4.78 is 52.7. The second-order valence-corrected chi connectivity index (χ2v) is 9.68. The highest BCUT2D eigenvalue weighted by Gasteiger charge is 2.41. The minimum atomic E-state index is -5.08. The summed E-state index contributed by atoms with van der Waals surface area (Å²) >= 11 is 0. The fourth-order valence-electron chi connectivity index (χ4n) is 4.84. The molecule has 0 atom stereocenters. The lowest BCUT2D eigenvalue weighted by molar-refractivity contribution is -0.192. The van der Waals surface area contributed by atoms with Crippen LogP contribution in [0, 0.1) is 5.82 Å². The quantitative estimate of drug-likeness (QED) is 0.469. The van der Waals surface area contributed by atoms with Crippen molar-refractivity contribution in [2.75, 3.05) is 32.8 Å². The number of piperidine rings is 1. The van der Waals surface area contributed by atoms with Crippen molar-refractivity contribution in [2.24, 2.45) is 0 Å². The van der Waals surface area contributed by atoms with E-state index in [2.05, 4.69) is 9.88 Å². The number of rotatable bonds is 4. The Balaban J connectivity index is 0.000000448. The molecule has 1 amide bonds. The number of fused-ring (bicyclic) bond motifs is 1. The molecule has 2 aliphatic heterocycles. The number of pyridine rings is 1. The Morgan fingerprint density at radius 1 is 1.10 bits per heavy atom. The molecule has 39 heavy (non-hydrogen) atoms. The zero-order valence-corrected chi connectivity index (χ0v) is 21.4. The molecule has 0 radical (unpaired) electrons. The highest BCUT2D eigenvalue weighted by atomic mass is 19.4. The minimum Gasteiger partial charge on any atom is -0.475 e. The molecule has 2 aliphatic rings. The Morgan fingerprint density at radius 2 is 1.77 bits per heavy atom. The number of likely N-dealkylation sites (tertiary alicyclic amines) is 1. The Kier molecular flexibility index (Phi) is 8.51. The van der Waals surface area contributed by atoms with Gasteiger partial charge in [0.1, 0.15) is 12.4 Å². The van der Waals surface area contributed by atoms with Crippen LogP contribution in [0.3, 0.4) is 0 Å². The van der Waals surface area contributed by atoms with Gasteiger partial charge in [0, 0.05) is 49.9 Å². The standard InChI is InChI=1S/C26H28FN3O2.C2HF3O2/c1-2-30-18-26(32-17-25(30)31)9-12-29(13-10-26)16-22-8-7-20(14-23(22)27)21-6-5-19-4-3-11-28-24(19)15-21;3-2(4,5)1(6)7/h3-8,11,14-15H,2,9-10,12-13,16-18H2,1H3;(H,6,7). The third kappa shape index (κ3) is 6.90. The molecule has 2 fully saturated rings. The minimum absolute atomic E-state index is 0.0740. The van der Waals surface area contributed by atoms with Crippen LogP contribution < -0.4 is 0 Å². The molecule has 11 heteroatoms. The lowest BCUT2D eigenvalue weighted by Crippen LogP contribution is -2.58. The van der Waals surface area contributed by atoms with Gasteiger partial charge in [0.05, 0.1) is 11.1 Å². The summed E-state index contributed by atoms with van der Waals surface area (Å²) in [5.41, 5.74) is 3.19. The van der Waals surface area contributed by atoms with Crippen LogP contribution >= 0.6 is 0 Å². The van der Waals surface area contributed by atoms with E-state index in [0.29, 0.717) is 18.7 Å². The van der Waals surface area contributed by atoms with E-state index >= 15 is 0 Å². The number of carboxylic acids is 1. The maximum Gasteiger partial charge on any atom is 0.490 e. The summed E-state index contributed by atoms with van der Waals surface area (Å²) in [6.07, 6.45) is -1.59. The van der Waals surface area contributed by atoms with Gasteiger partial charge in [-0.15, -0.1) is 0 Å². The van der Waals surface area contributed by atoms with Gasteiger partial charge in [0.2, 0.25) is 5.91 Å². The number of hydrogen-bond donors (Lipinski definition) is 1. The SMILES string of the molecule is CCN1CC2(CCN(Cc3ccc(-c4ccc5cccnc5c4)cc3F)CC2)OCC1=O.O=C(O)C(F)(F)F. The number of aliphatic carboxylic acids is 1. The lowest BCUT2D eigenvalue weighted by Gasteiger charge is -2.46. The normalized spacial score (nSPS) is 17.7. The Labute approximate surface area is 223 Å². The number of hydrogen-bond acceptors (Lipinski definition) is 5. The van der Waals surface area contributed by atoms with Crippen LogP contribution in [0.4, 0.5) is 17.6 Å². The highest BCUT2D eigenvalue weighted by molar-refractivity contribution is 5.84. The average Bonchev–Trinajstić information content (AvgIpc) is 2.92. The maximum atomic E-state index is 15.0. The first kappa shape index (κ1) is 28.4. The van der Waals surface area contributed by atoms with E-state index in [0.717, 1.165) is 54.5 Å². The van der Waals surface area contributed by atoms with Gasteiger partial charge in [-0.05, 0) is 49.1 Å². The van der Waals surface area contributed by atoms with Gasteiger partial charge >= 0.3 is 12.1 Å². The fourth-order valence-corrected chi connectivity index (χ4v) is 4.84. The van der Waals surface area contributed by atoms with E-state index in [1.54, 1.807) is 12.3 Å². The van der Waals surface area contributed by atoms with Gasteiger partial charge in [-0.25, -0.2) is 9.18 Å². The number of ether oxygens (including phenoxy) is 1. The van der Waals surface area contributed by atoms with E-state index < -0.39 is 12.1 Å². The Morgan fingerprint density at radius 3 is 2.41 bits per heavy atom. The summed E-state index contributed by atoms with van der Waals surface area (Å²) in [6, 6.07) is 15.5. The number of halogens is 4. The molecule has 7 nitrogen and oxygen atoms in total. The van der Waals surface area contributed by atoms with Crippen molar-refractivity contribution < 1.29 is 37.0 Å². The molecule has 1 aromatic heterocycles. The summed E-state index contributed by atoms with van der Waals surface area (Å²) in [4.78, 5) is 29.4. The predicted octanol–water partition coefficient (Wildman–Crippen LogP) is 4.89. The molecule has 2 saturated heterocycles. The molecular weight excluding hydrogens is 518 g/mol. The van der Waals surface area contributed by atoms with Gasteiger partial charge in [-0.1, -0.05) is 30.3 Å². The van der Waals surface area contributed by atoms with Crippen molar-refractivity contribution >= 4 is 22.8 Å². The topological polar surface area (TPSA) is 83.0 Å². The monoisotopic (exact) mass is 547 g/mol. The number of amides is 1. The summed E-state index contributed by atoms with van der Waals surface area (Å²) in [5, 5.41) is 8.20. The first-order valence-corrected chi connectivity index (χ1v) is 12.6. The number of benzene rings is 2. The summed E-state index contributed by atoms with van der Waals surface area (Å²) in [6.45, 7) is 5.82. The third-order valence-electron chi connectivity index (χ3n) is 7.11. The number of morpholine rings is 1. The third-order valence-corrected chi connectivity index (χ3v) is 7.11. The second-order valence-electron chi connectivity index (χ2n) is 9.68. The van der Waals surface area contributed by atoms with Gasteiger partial charge in [0.15, 0.2) is 0 Å². The number of aromatic nitrogens is 1. The number of alkyl halides is 3. The van der Waals surface area contributed by atoms with Crippen molar-refractivity contribution in [1.82, 2.24) is 14.8 Å². The van der Waals surface area contributed by atoms with E-state index in [-0.39, 0.29) is 23.9 Å². The van der Waals surface area contributed by atoms with Crippen LogP contribution in [0.15, 0.2) is 54.7 Å². The molecule has 5 rings (SSSR count). The van der Waals surface area contributed by atoms with E-state index in [4.69, 9.17) is 14.6 Å². The van der Waals surface area contributed by atoms with Crippen LogP contribution in [0.1, 0.15) is 25.3 Å². The zero-order valence-electron chi connectivity index (χ0n) is 21.4. The van der Waals surface area contributed by atoms with Crippen LogP contribution in [0.2, 0.25) is 0 Å². The molecule has 1 spiro atoms. The van der Waals surface area contributed by atoms with Crippen molar-refractivity contribution in [2.45, 2.75) is 38.1 Å². The second kappa shape index (κ2) is 11.7. The molecule has 208 valence electrons. The predicted molar refractivity (Wildman–Crippen MR) is 136 cm³/mol. The van der Waals surface area contributed by atoms with E-state index in [1.165, 1.54) is 0 Å². The Hall–Kier alpha value is -3.57. The van der Waals surface area contributed by atoms with Crippen molar-refractivity contribution in [3.8, 4) is 11.1 Å². The van der Waals surface area contributed by atoms with Gasteiger partial charge < -0.3 is 14.7 Å². The van der Waals surface area contributed by atoms with Crippen LogP contribution in [-0.2, 0) is 20.9 Å². The smallest absolute Gasteiger partial charge is 0.475 e. The van der Waals surface area contributed by atoms with Gasteiger partial charge in [-0.2, -0.15) is 13.2 Å². The molecule has 0 bridgehead atoms. The molecule has 0 aliphatic carbocycles. The largest absolute Gasteiger partial charge is 0.490 e. The Bertz CT molecular complexity index is 1340. The van der Waals surface area contributed by atoms with Gasteiger partial charge in [0.25, 0.3) is 0 Å². The van der Waals surface area contributed by atoms with Crippen LogP contribution in [-0.4, -0.2) is 76.3 Å². The van der Waals surface area contributed by atoms with Crippen LogP contribution in [0.25, 0.3) is 22.0 Å². The van der Waals surface area contributed by atoms with Crippen LogP contribution in [0.5, 0.6) is 0 Å². The molecular formula is C28H29F4N3O4. The summed E-state index contributed by atoms with van der Waals surface area (Å²) in [5.74, 6) is -2.86. The highest BCUT2D eigenvalue weighted by Crippen LogP contribution is 2.32. The fraction of sp³-hybridized carbons (Fsp3) is 0.393. The number of likely N-dealkylation sites (N-methyl/N-ethyl adjacent to an activating group) is 1. The summed E-state index contributed by atoms with van der Waals surface area (Å²) in [7, 11) is 0. The number of carboxylic acid groups (broad SMARTS) is 1. The average molecular weight is 548 g/mol. The van der Waals surface area contributed by atoms with Gasteiger partial charge in [-0.3, -0.25) is 14.7 Å². The molecule has 3 heterocycles. The van der Waals surface area contributed by atoms with Crippen molar-refractivity contribution in [3.63, 3.8) is 0 Å². The zero-order chi connectivity index (χ0) is 28.2. The molecule has 0 saturated carbocycles.